The number of sulfonamides is 1. The zero-order valence-corrected chi connectivity index (χ0v) is 17.9. The Morgan fingerprint density at radius 2 is 1.86 bits per heavy atom. The minimum Gasteiger partial charge on any atom is -0.497 e. The van der Waals surface area contributed by atoms with Gasteiger partial charge in [0.2, 0.25) is 15.9 Å². The van der Waals surface area contributed by atoms with Crippen molar-refractivity contribution in [3.63, 3.8) is 0 Å². The molecule has 3 rings (SSSR count). The zero-order chi connectivity index (χ0) is 21.2. The van der Waals surface area contributed by atoms with Gasteiger partial charge in [-0.1, -0.05) is 12.1 Å². The number of methoxy groups -OCH3 is 1. The molecule has 29 heavy (non-hydrogen) atoms. The van der Waals surface area contributed by atoms with Gasteiger partial charge in [-0.25, -0.2) is 8.42 Å². The molecule has 0 aliphatic carbocycles. The van der Waals surface area contributed by atoms with Gasteiger partial charge in [0, 0.05) is 13.1 Å². The van der Waals surface area contributed by atoms with Crippen LogP contribution in [0.4, 0.5) is 11.4 Å². The average Bonchev–Trinajstić information content (AvgIpc) is 2.77. The van der Waals surface area contributed by atoms with E-state index in [1.165, 1.54) is 0 Å². The zero-order valence-electron chi connectivity index (χ0n) is 17.1. The van der Waals surface area contributed by atoms with Crippen LogP contribution in [0.1, 0.15) is 19.4 Å². The maximum atomic E-state index is 12.5. The summed E-state index contributed by atoms with van der Waals surface area (Å²) in [6.07, 6.45) is 0.381. The van der Waals surface area contributed by atoms with Crippen LogP contribution in [0.5, 0.6) is 11.5 Å². The summed E-state index contributed by atoms with van der Waals surface area (Å²) >= 11 is 0. The Labute approximate surface area is 171 Å². The van der Waals surface area contributed by atoms with Crippen LogP contribution in [0.15, 0.2) is 42.5 Å². The number of aryl methyl sites for hydroxylation is 1. The fourth-order valence-corrected chi connectivity index (χ4v) is 4.22. The highest BCUT2D eigenvalue weighted by Crippen LogP contribution is 2.37. The first-order chi connectivity index (χ1) is 13.6. The number of hydrogen-bond acceptors (Lipinski definition) is 5. The van der Waals surface area contributed by atoms with Gasteiger partial charge in [0.1, 0.15) is 18.1 Å². The number of carbonyl (C=O) groups excluding carboxylic acids is 1. The number of anilines is 2. The molecule has 0 unspecified atom stereocenters. The van der Waals surface area contributed by atoms with Crippen LogP contribution in [-0.4, -0.2) is 40.8 Å². The molecular formula is C21H26N2O5S. The summed E-state index contributed by atoms with van der Waals surface area (Å²) in [5.41, 5.74) is 1.26. The molecule has 7 nitrogen and oxygen atoms in total. The van der Waals surface area contributed by atoms with Crippen molar-refractivity contribution in [2.24, 2.45) is 5.41 Å². The molecule has 8 heteroatoms. The van der Waals surface area contributed by atoms with Crippen molar-refractivity contribution in [3.05, 3.63) is 48.0 Å². The van der Waals surface area contributed by atoms with E-state index in [4.69, 9.17) is 9.47 Å². The lowest BCUT2D eigenvalue weighted by atomic mass is 9.93. The molecule has 2 aromatic rings. The van der Waals surface area contributed by atoms with E-state index in [0.717, 1.165) is 11.3 Å². The summed E-state index contributed by atoms with van der Waals surface area (Å²) in [4.78, 5) is 14.1. The molecule has 0 saturated carbocycles. The molecule has 0 saturated heterocycles. The highest BCUT2D eigenvalue weighted by molar-refractivity contribution is 7.92. The Morgan fingerprint density at radius 3 is 2.52 bits per heavy atom. The minimum atomic E-state index is -3.55. The highest BCUT2D eigenvalue weighted by Gasteiger charge is 2.36. The third-order valence-corrected chi connectivity index (χ3v) is 6.17. The molecule has 0 aromatic heterocycles. The number of carbonyl (C=O) groups is 1. The van der Waals surface area contributed by atoms with Crippen LogP contribution in [-0.2, 0) is 21.2 Å². The molecule has 1 N–H and O–H groups in total. The normalized spacial score (nSPS) is 15.9. The quantitative estimate of drug-likeness (QED) is 0.779. The first-order valence-electron chi connectivity index (χ1n) is 9.30. The maximum Gasteiger partial charge on any atom is 0.235 e. The van der Waals surface area contributed by atoms with Gasteiger partial charge in [0.15, 0.2) is 0 Å². The minimum absolute atomic E-state index is 0.0518. The summed E-state index contributed by atoms with van der Waals surface area (Å²) in [5.74, 6) is 1.10. The van der Waals surface area contributed by atoms with Gasteiger partial charge in [-0.15, -0.1) is 0 Å². The third kappa shape index (κ3) is 4.82. The van der Waals surface area contributed by atoms with E-state index in [2.05, 4.69) is 4.72 Å². The maximum absolute atomic E-state index is 12.5. The van der Waals surface area contributed by atoms with Gasteiger partial charge < -0.3 is 14.4 Å². The van der Waals surface area contributed by atoms with Crippen molar-refractivity contribution < 1.29 is 22.7 Å². The fourth-order valence-electron chi connectivity index (χ4n) is 3.13. The Bertz CT molecular complexity index is 1000. The molecule has 1 aliphatic rings. The van der Waals surface area contributed by atoms with Crippen molar-refractivity contribution in [2.45, 2.75) is 20.3 Å². The van der Waals surface area contributed by atoms with Crippen LogP contribution in [0, 0.1) is 5.41 Å². The SMILES string of the molecule is COc1ccc(CCS(=O)(=O)Nc2ccc3c(c2)OCC(C)(C)C(=O)N3C)cc1. The van der Waals surface area contributed by atoms with Gasteiger partial charge in [-0.05, 0) is 50.1 Å². The van der Waals surface area contributed by atoms with Gasteiger partial charge in [0.05, 0.1) is 29.7 Å². The van der Waals surface area contributed by atoms with E-state index in [1.807, 2.05) is 26.0 Å². The summed E-state index contributed by atoms with van der Waals surface area (Å²) in [7, 11) is -0.272. The van der Waals surface area contributed by atoms with Crippen LogP contribution in [0.3, 0.4) is 0 Å². The first-order valence-corrected chi connectivity index (χ1v) is 10.9. The third-order valence-electron chi connectivity index (χ3n) is 4.89. The van der Waals surface area contributed by atoms with E-state index >= 15 is 0 Å². The lowest BCUT2D eigenvalue weighted by Crippen LogP contribution is -2.39. The second kappa shape index (κ2) is 7.94. The molecule has 1 aliphatic heterocycles. The molecule has 0 radical (unpaired) electrons. The summed E-state index contributed by atoms with van der Waals surface area (Å²) in [6, 6.07) is 12.2. The van der Waals surface area contributed by atoms with E-state index in [1.54, 1.807) is 49.4 Å². The van der Waals surface area contributed by atoms with Gasteiger partial charge >= 0.3 is 0 Å². The number of rotatable bonds is 6. The van der Waals surface area contributed by atoms with E-state index in [0.29, 0.717) is 23.5 Å². The lowest BCUT2D eigenvalue weighted by Gasteiger charge is -2.24. The van der Waals surface area contributed by atoms with Crippen LogP contribution in [0.2, 0.25) is 0 Å². The molecule has 156 valence electrons. The molecule has 1 amide bonds. The Balaban J connectivity index is 1.71. The number of benzene rings is 2. The van der Waals surface area contributed by atoms with Crippen molar-refractivity contribution in [2.75, 3.05) is 36.1 Å². The fraction of sp³-hybridized carbons (Fsp3) is 0.381. The second-order valence-corrected chi connectivity index (χ2v) is 9.58. The number of nitrogens with one attached hydrogen (secondary N) is 1. The molecule has 1 heterocycles. The van der Waals surface area contributed by atoms with Crippen molar-refractivity contribution in [1.29, 1.82) is 0 Å². The number of ether oxygens (including phenoxy) is 2. The second-order valence-electron chi connectivity index (χ2n) is 7.74. The average molecular weight is 419 g/mol. The number of nitrogens with zero attached hydrogens (tertiary/aromatic N) is 1. The predicted octanol–water partition coefficient (Wildman–Crippen LogP) is 3.06. The molecule has 2 aromatic carbocycles. The monoisotopic (exact) mass is 418 g/mol. The lowest BCUT2D eigenvalue weighted by molar-refractivity contribution is -0.127. The van der Waals surface area contributed by atoms with Gasteiger partial charge in [0.25, 0.3) is 0 Å². The molecule has 0 spiro atoms. The topological polar surface area (TPSA) is 84.9 Å². The van der Waals surface area contributed by atoms with E-state index in [-0.39, 0.29) is 18.3 Å². The number of amides is 1. The molecule has 0 fully saturated rings. The van der Waals surface area contributed by atoms with Crippen LogP contribution in [0.25, 0.3) is 0 Å². The number of fused-ring (bicyclic) bond motifs is 1. The Hall–Kier alpha value is -2.74. The standard InChI is InChI=1S/C21H26N2O5S/c1-21(2)14-28-19-13-16(7-10-18(19)23(3)20(21)24)22-29(25,26)12-11-15-5-8-17(27-4)9-6-15/h5-10,13,22H,11-12,14H2,1-4H3. The van der Waals surface area contributed by atoms with Crippen LogP contribution < -0.4 is 19.1 Å². The first kappa shape index (κ1) is 21.0. The molecule has 0 atom stereocenters. The largest absolute Gasteiger partial charge is 0.497 e. The molecular weight excluding hydrogens is 392 g/mol. The summed E-state index contributed by atoms with van der Waals surface area (Å²) in [5, 5.41) is 0. The van der Waals surface area contributed by atoms with Gasteiger partial charge in [-0.2, -0.15) is 0 Å². The van der Waals surface area contributed by atoms with Crippen molar-refractivity contribution in [1.82, 2.24) is 0 Å². The van der Waals surface area contributed by atoms with Gasteiger partial charge in [-0.3, -0.25) is 9.52 Å². The predicted molar refractivity (Wildman–Crippen MR) is 113 cm³/mol. The smallest absolute Gasteiger partial charge is 0.235 e. The van der Waals surface area contributed by atoms with E-state index < -0.39 is 15.4 Å². The van der Waals surface area contributed by atoms with E-state index in [9.17, 15) is 13.2 Å². The summed E-state index contributed by atoms with van der Waals surface area (Å²) in [6.45, 7) is 3.86. The highest BCUT2D eigenvalue weighted by atomic mass is 32.2. The molecule has 0 bridgehead atoms. The van der Waals surface area contributed by atoms with Crippen molar-refractivity contribution >= 4 is 27.3 Å². The summed E-state index contributed by atoms with van der Waals surface area (Å²) < 4.78 is 38.5. The van der Waals surface area contributed by atoms with Crippen molar-refractivity contribution in [3.8, 4) is 11.5 Å². The van der Waals surface area contributed by atoms with Crippen LogP contribution >= 0.6 is 0 Å². The number of hydrogen-bond donors (Lipinski definition) is 1. The Kier molecular flexibility index (Phi) is 5.75. The Morgan fingerprint density at radius 1 is 1.17 bits per heavy atom.